The molecule has 116 valence electrons. The van der Waals surface area contributed by atoms with E-state index in [1.54, 1.807) is 0 Å². The van der Waals surface area contributed by atoms with E-state index in [0.717, 1.165) is 0 Å². The number of anilines is 1. The minimum absolute atomic E-state index is 0.0762. The zero-order valence-electron chi connectivity index (χ0n) is 11.3. The van der Waals surface area contributed by atoms with Gasteiger partial charge in [0.25, 0.3) is 0 Å². The van der Waals surface area contributed by atoms with Gasteiger partial charge in [-0.25, -0.2) is 4.79 Å². The highest BCUT2D eigenvalue weighted by molar-refractivity contribution is 6.35. The molecule has 0 amide bonds. The molecule has 0 radical (unpaired) electrons. The zero-order chi connectivity index (χ0) is 16.3. The van der Waals surface area contributed by atoms with Gasteiger partial charge in [0, 0.05) is 22.7 Å². The molecule has 7 heteroatoms. The number of benzene rings is 2. The second kappa shape index (κ2) is 6.87. The highest BCUT2D eigenvalue weighted by Crippen LogP contribution is 2.32. The molecule has 2 aromatic carbocycles. The fraction of sp³-hybridized carbons (Fsp3) is 0.133. The molecule has 2 rings (SSSR count). The number of rotatable bonds is 5. The normalized spacial score (nSPS) is 12.0. The summed E-state index contributed by atoms with van der Waals surface area (Å²) in [7, 11) is 0. The van der Waals surface area contributed by atoms with Crippen molar-refractivity contribution in [1.82, 2.24) is 0 Å². The third-order valence-corrected chi connectivity index (χ3v) is 3.49. The maximum atomic E-state index is 10.8. The Balaban J connectivity index is 2.07. The van der Waals surface area contributed by atoms with Crippen LogP contribution in [0, 0.1) is 0 Å². The fourth-order valence-corrected chi connectivity index (χ4v) is 2.47. The van der Waals surface area contributed by atoms with Crippen LogP contribution in [0.15, 0.2) is 36.4 Å². The minimum Gasteiger partial charge on any atom is -0.506 e. The highest BCUT2D eigenvalue weighted by Gasteiger charge is 2.13. The Hall–Kier alpha value is -1.95. The van der Waals surface area contributed by atoms with Gasteiger partial charge in [-0.15, -0.1) is 0 Å². The predicted molar refractivity (Wildman–Crippen MR) is 84.9 cm³/mol. The number of aromatic hydroxyl groups is 1. The lowest BCUT2D eigenvalue weighted by Crippen LogP contribution is -2.21. The number of carbonyl (C=O) groups is 1. The Morgan fingerprint density at radius 1 is 1.18 bits per heavy atom. The summed E-state index contributed by atoms with van der Waals surface area (Å²) >= 11 is 11.7. The van der Waals surface area contributed by atoms with Crippen molar-refractivity contribution >= 4 is 34.9 Å². The Labute approximate surface area is 136 Å². The van der Waals surface area contributed by atoms with Crippen LogP contribution in [0.4, 0.5) is 5.69 Å². The molecule has 0 aromatic heterocycles. The molecule has 0 aliphatic rings. The molecule has 2 aromatic rings. The molecular formula is C15H13Cl2NO4. The first kappa shape index (κ1) is 16.4. The Bertz CT molecular complexity index is 689. The van der Waals surface area contributed by atoms with Crippen molar-refractivity contribution in [1.29, 1.82) is 0 Å². The molecule has 0 saturated heterocycles. The number of phenols is 1. The lowest BCUT2D eigenvalue weighted by atomic mass is 10.1. The molecule has 4 N–H and O–H groups in total. The number of aliphatic hydroxyl groups is 1. The molecule has 0 aliphatic heterocycles. The van der Waals surface area contributed by atoms with Crippen LogP contribution in [0.25, 0.3) is 0 Å². The van der Waals surface area contributed by atoms with E-state index in [1.807, 2.05) is 0 Å². The smallest absolute Gasteiger partial charge is 0.335 e. The van der Waals surface area contributed by atoms with E-state index in [4.69, 9.17) is 28.3 Å². The largest absolute Gasteiger partial charge is 0.506 e. The summed E-state index contributed by atoms with van der Waals surface area (Å²) in [6.45, 7) is 0. The molecule has 0 saturated carbocycles. The van der Waals surface area contributed by atoms with Gasteiger partial charge in [0.2, 0.25) is 0 Å². The average Bonchev–Trinajstić information content (AvgIpc) is 2.44. The number of hydrogen-bond acceptors (Lipinski definition) is 4. The van der Waals surface area contributed by atoms with Gasteiger partial charge >= 0.3 is 5.97 Å². The monoisotopic (exact) mass is 341 g/mol. The van der Waals surface area contributed by atoms with E-state index in [2.05, 4.69) is 5.32 Å². The van der Waals surface area contributed by atoms with E-state index in [9.17, 15) is 15.0 Å². The average molecular weight is 342 g/mol. The first-order valence-electron chi connectivity index (χ1n) is 6.31. The van der Waals surface area contributed by atoms with Crippen LogP contribution >= 0.6 is 23.2 Å². The molecular weight excluding hydrogens is 329 g/mol. The number of aromatic carboxylic acids is 1. The maximum absolute atomic E-state index is 10.8. The minimum atomic E-state index is -1.02. The van der Waals surface area contributed by atoms with Gasteiger partial charge in [-0.1, -0.05) is 23.2 Å². The molecule has 22 heavy (non-hydrogen) atoms. The van der Waals surface area contributed by atoms with Gasteiger partial charge in [0.05, 0.1) is 10.6 Å². The van der Waals surface area contributed by atoms with E-state index in [0.29, 0.717) is 16.3 Å². The summed E-state index contributed by atoms with van der Waals surface area (Å²) in [5, 5.41) is 31.9. The number of phenolic OH excluding ortho intramolecular Hbond substituents is 1. The number of nitrogens with one attached hydrogen (secondary N) is 1. The van der Waals surface area contributed by atoms with Crippen molar-refractivity contribution in [3.8, 4) is 5.75 Å². The molecule has 0 fully saturated rings. The van der Waals surface area contributed by atoms with Crippen molar-refractivity contribution in [2.75, 3.05) is 5.32 Å². The summed E-state index contributed by atoms with van der Waals surface area (Å²) in [6, 6.07) is 8.85. The predicted octanol–water partition coefficient (Wildman–Crippen LogP) is 3.37. The second-order valence-electron chi connectivity index (χ2n) is 4.64. The second-order valence-corrected chi connectivity index (χ2v) is 5.49. The van der Waals surface area contributed by atoms with Crippen molar-refractivity contribution in [3.63, 3.8) is 0 Å². The van der Waals surface area contributed by atoms with Gasteiger partial charge in [-0.3, -0.25) is 0 Å². The van der Waals surface area contributed by atoms with Crippen LogP contribution in [0.3, 0.4) is 0 Å². The molecule has 1 atom stereocenters. The third kappa shape index (κ3) is 4.04. The number of carboxylic acids is 1. The van der Waals surface area contributed by atoms with E-state index < -0.39 is 12.2 Å². The maximum Gasteiger partial charge on any atom is 0.335 e. The quantitative estimate of drug-likeness (QED) is 0.626. The van der Waals surface area contributed by atoms with Gasteiger partial charge in [0.15, 0.2) is 0 Å². The lowest BCUT2D eigenvalue weighted by Gasteiger charge is -2.16. The van der Waals surface area contributed by atoms with Gasteiger partial charge in [-0.2, -0.15) is 0 Å². The van der Waals surface area contributed by atoms with Gasteiger partial charge < -0.3 is 20.6 Å². The Morgan fingerprint density at radius 3 is 2.41 bits per heavy atom. The number of carboxylic acid groups (broad SMARTS) is 1. The SMILES string of the molecule is O=C(O)c1ccc(NC(O)Cc2cc(Cl)cc(Cl)c2O)cc1. The van der Waals surface area contributed by atoms with Crippen LogP contribution in [0.5, 0.6) is 5.75 Å². The number of halogens is 2. The molecule has 0 heterocycles. The number of aliphatic hydroxyl groups excluding tert-OH is 1. The first-order chi connectivity index (χ1) is 10.4. The molecule has 5 nitrogen and oxygen atoms in total. The van der Waals surface area contributed by atoms with Crippen LogP contribution in [0.1, 0.15) is 15.9 Å². The Morgan fingerprint density at radius 2 is 1.82 bits per heavy atom. The zero-order valence-corrected chi connectivity index (χ0v) is 12.8. The molecule has 0 aliphatic carbocycles. The first-order valence-corrected chi connectivity index (χ1v) is 7.07. The van der Waals surface area contributed by atoms with E-state index in [-0.39, 0.29) is 22.8 Å². The Kier molecular flexibility index (Phi) is 5.13. The summed E-state index contributed by atoms with van der Waals surface area (Å²) < 4.78 is 0. The summed E-state index contributed by atoms with van der Waals surface area (Å²) in [5.41, 5.74) is 1.10. The van der Waals surface area contributed by atoms with Crippen molar-refractivity contribution < 1.29 is 20.1 Å². The van der Waals surface area contributed by atoms with Crippen molar-refractivity contribution in [2.24, 2.45) is 0 Å². The fourth-order valence-electron chi connectivity index (χ4n) is 1.94. The standard InChI is InChI=1S/C15H13Cl2NO4/c16-10-5-9(14(20)12(17)7-10)6-13(19)18-11-3-1-8(2-4-11)15(21)22/h1-5,7,13,18-20H,6H2,(H,21,22). The van der Waals surface area contributed by atoms with Gasteiger partial charge in [0.1, 0.15) is 12.0 Å². The van der Waals surface area contributed by atoms with E-state index in [1.165, 1.54) is 36.4 Å². The van der Waals surface area contributed by atoms with Crippen molar-refractivity contribution in [3.05, 3.63) is 57.6 Å². The van der Waals surface area contributed by atoms with Gasteiger partial charge in [-0.05, 0) is 36.4 Å². The lowest BCUT2D eigenvalue weighted by molar-refractivity contribution is 0.0697. The summed E-state index contributed by atoms with van der Waals surface area (Å²) in [6.07, 6.45) is -0.927. The van der Waals surface area contributed by atoms with Crippen LogP contribution in [-0.2, 0) is 6.42 Å². The van der Waals surface area contributed by atoms with Crippen LogP contribution < -0.4 is 5.32 Å². The summed E-state index contributed by atoms with van der Waals surface area (Å²) in [5.74, 6) is -1.15. The summed E-state index contributed by atoms with van der Waals surface area (Å²) in [4.78, 5) is 10.8. The molecule has 1 unspecified atom stereocenters. The topological polar surface area (TPSA) is 89.8 Å². The van der Waals surface area contributed by atoms with Crippen LogP contribution in [0.2, 0.25) is 10.0 Å². The third-order valence-electron chi connectivity index (χ3n) is 2.99. The van der Waals surface area contributed by atoms with E-state index >= 15 is 0 Å². The molecule has 0 bridgehead atoms. The highest BCUT2D eigenvalue weighted by atomic mass is 35.5. The molecule has 0 spiro atoms. The number of hydrogen-bond donors (Lipinski definition) is 4. The van der Waals surface area contributed by atoms with Crippen LogP contribution in [-0.4, -0.2) is 27.5 Å². The van der Waals surface area contributed by atoms with Crippen molar-refractivity contribution in [2.45, 2.75) is 12.6 Å².